The summed E-state index contributed by atoms with van der Waals surface area (Å²) in [5, 5.41) is 7.47. The number of H-pyrrole nitrogens is 1. The highest BCUT2D eigenvalue weighted by Crippen LogP contribution is 2.20. The van der Waals surface area contributed by atoms with Crippen molar-refractivity contribution in [2.45, 2.75) is 25.7 Å². The minimum atomic E-state index is 0.124. The molecule has 0 saturated carbocycles. The third-order valence-electron chi connectivity index (χ3n) is 4.08. The fourth-order valence-corrected chi connectivity index (χ4v) is 2.86. The first kappa shape index (κ1) is 13.2. The molecule has 3 rings (SSSR count). The minimum Gasteiger partial charge on any atom is -0.361 e. The molecular weight excluding hydrogens is 250 g/mol. The van der Waals surface area contributed by atoms with Crippen LogP contribution in [0.2, 0.25) is 0 Å². The second-order valence-electron chi connectivity index (χ2n) is 5.56. The van der Waals surface area contributed by atoms with Gasteiger partial charge >= 0.3 is 0 Å². The van der Waals surface area contributed by atoms with Crippen LogP contribution in [0.1, 0.15) is 25.7 Å². The molecule has 1 aliphatic rings. The van der Waals surface area contributed by atoms with Gasteiger partial charge in [0.1, 0.15) is 0 Å². The smallest absolute Gasteiger partial charge is 0.224 e. The van der Waals surface area contributed by atoms with Crippen LogP contribution in [0.15, 0.2) is 30.5 Å². The maximum Gasteiger partial charge on any atom is 0.224 e. The molecule has 4 nitrogen and oxygen atoms in total. The Labute approximate surface area is 118 Å². The molecule has 1 fully saturated rings. The van der Waals surface area contributed by atoms with Gasteiger partial charge in [-0.1, -0.05) is 0 Å². The number of hydrogen-bond acceptors (Lipinski definition) is 2. The Bertz CT molecular complexity index is 584. The number of carbonyl (C=O) groups is 1. The lowest BCUT2D eigenvalue weighted by Gasteiger charge is -2.22. The molecular formula is C16H21N3O. The van der Waals surface area contributed by atoms with Crippen molar-refractivity contribution in [3.63, 3.8) is 0 Å². The van der Waals surface area contributed by atoms with Gasteiger partial charge in [0.05, 0.1) is 0 Å². The van der Waals surface area contributed by atoms with Crippen molar-refractivity contribution in [3.8, 4) is 0 Å². The largest absolute Gasteiger partial charge is 0.361 e. The number of anilines is 1. The van der Waals surface area contributed by atoms with Crippen LogP contribution < -0.4 is 10.6 Å². The lowest BCUT2D eigenvalue weighted by atomic mass is 9.93. The molecule has 0 aliphatic carbocycles. The van der Waals surface area contributed by atoms with Crippen LogP contribution in [0.4, 0.5) is 5.69 Å². The first-order valence-corrected chi connectivity index (χ1v) is 7.39. The molecule has 3 N–H and O–H groups in total. The van der Waals surface area contributed by atoms with E-state index in [1.54, 1.807) is 0 Å². The highest BCUT2D eigenvalue weighted by Gasteiger charge is 2.14. The molecule has 1 saturated heterocycles. The zero-order valence-electron chi connectivity index (χ0n) is 11.6. The number of rotatable bonds is 4. The van der Waals surface area contributed by atoms with E-state index < -0.39 is 0 Å². The molecule has 2 heterocycles. The van der Waals surface area contributed by atoms with Crippen LogP contribution in [0.3, 0.4) is 0 Å². The number of aromatic nitrogens is 1. The molecule has 1 aromatic carbocycles. The van der Waals surface area contributed by atoms with Crippen LogP contribution in [-0.2, 0) is 4.79 Å². The second kappa shape index (κ2) is 6.09. The average molecular weight is 271 g/mol. The zero-order chi connectivity index (χ0) is 13.8. The number of fused-ring (bicyclic) bond motifs is 1. The van der Waals surface area contributed by atoms with Gasteiger partial charge in [0.15, 0.2) is 0 Å². The van der Waals surface area contributed by atoms with E-state index in [9.17, 15) is 4.79 Å². The van der Waals surface area contributed by atoms with Gasteiger partial charge < -0.3 is 15.6 Å². The van der Waals surface area contributed by atoms with E-state index in [1.807, 2.05) is 30.5 Å². The number of piperidine rings is 1. The standard InChI is InChI=1S/C16H21N3O/c20-16(4-1-12-5-8-17-9-6-12)19-14-2-3-15-13(11-14)7-10-18-15/h2-3,7,10-12,17-18H,1,4-6,8-9H2,(H,19,20). The molecule has 0 bridgehead atoms. The molecule has 1 amide bonds. The number of nitrogens with one attached hydrogen (secondary N) is 3. The molecule has 4 heteroatoms. The molecule has 0 unspecified atom stereocenters. The van der Waals surface area contributed by atoms with Gasteiger partial charge in [-0.15, -0.1) is 0 Å². The number of hydrogen-bond donors (Lipinski definition) is 3. The molecule has 1 aliphatic heterocycles. The summed E-state index contributed by atoms with van der Waals surface area (Å²) in [6.45, 7) is 2.19. The normalized spacial score (nSPS) is 16.4. The zero-order valence-corrected chi connectivity index (χ0v) is 11.6. The van der Waals surface area contributed by atoms with Gasteiger partial charge in [0, 0.05) is 29.2 Å². The summed E-state index contributed by atoms with van der Waals surface area (Å²) in [7, 11) is 0. The first-order valence-electron chi connectivity index (χ1n) is 7.39. The third kappa shape index (κ3) is 3.20. The maximum atomic E-state index is 12.0. The average Bonchev–Trinajstić information content (AvgIpc) is 2.94. The Morgan fingerprint density at radius 1 is 1.25 bits per heavy atom. The van der Waals surface area contributed by atoms with Crippen molar-refractivity contribution >= 4 is 22.5 Å². The number of benzene rings is 1. The van der Waals surface area contributed by atoms with Gasteiger partial charge in [-0.3, -0.25) is 4.79 Å². The van der Waals surface area contributed by atoms with E-state index in [0.29, 0.717) is 12.3 Å². The Kier molecular flexibility index (Phi) is 4.02. The Morgan fingerprint density at radius 3 is 2.95 bits per heavy atom. The van der Waals surface area contributed by atoms with Crippen molar-refractivity contribution in [2.24, 2.45) is 5.92 Å². The van der Waals surface area contributed by atoms with E-state index >= 15 is 0 Å². The Morgan fingerprint density at radius 2 is 2.10 bits per heavy atom. The summed E-state index contributed by atoms with van der Waals surface area (Å²) in [5.41, 5.74) is 1.98. The molecule has 0 spiro atoms. The van der Waals surface area contributed by atoms with Crippen molar-refractivity contribution < 1.29 is 4.79 Å². The number of amides is 1. The van der Waals surface area contributed by atoms with Gasteiger partial charge in [0.25, 0.3) is 0 Å². The van der Waals surface area contributed by atoms with Crippen LogP contribution in [-0.4, -0.2) is 24.0 Å². The Balaban J connectivity index is 1.52. The van der Waals surface area contributed by atoms with E-state index in [4.69, 9.17) is 0 Å². The summed E-state index contributed by atoms with van der Waals surface area (Å²) in [6.07, 6.45) is 5.92. The minimum absolute atomic E-state index is 0.124. The fraction of sp³-hybridized carbons (Fsp3) is 0.438. The van der Waals surface area contributed by atoms with E-state index in [0.717, 1.165) is 36.1 Å². The SMILES string of the molecule is O=C(CCC1CCNCC1)Nc1ccc2[nH]ccc2c1. The van der Waals surface area contributed by atoms with Crippen LogP contribution in [0, 0.1) is 5.92 Å². The predicted octanol–water partition coefficient (Wildman–Crippen LogP) is 2.89. The first-order chi connectivity index (χ1) is 9.81. The predicted molar refractivity (Wildman–Crippen MR) is 81.8 cm³/mol. The maximum absolute atomic E-state index is 12.0. The lowest BCUT2D eigenvalue weighted by Crippen LogP contribution is -2.28. The number of aromatic amines is 1. The lowest BCUT2D eigenvalue weighted by molar-refractivity contribution is -0.116. The van der Waals surface area contributed by atoms with Gasteiger partial charge in [0.2, 0.25) is 5.91 Å². The molecule has 20 heavy (non-hydrogen) atoms. The quantitative estimate of drug-likeness (QED) is 0.801. The highest BCUT2D eigenvalue weighted by atomic mass is 16.1. The van der Waals surface area contributed by atoms with Crippen LogP contribution >= 0.6 is 0 Å². The summed E-state index contributed by atoms with van der Waals surface area (Å²) in [4.78, 5) is 15.1. The molecule has 1 aromatic heterocycles. The monoisotopic (exact) mass is 271 g/mol. The van der Waals surface area contributed by atoms with E-state index in [1.165, 1.54) is 12.8 Å². The van der Waals surface area contributed by atoms with Crippen molar-refractivity contribution in [1.29, 1.82) is 0 Å². The van der Waals surface area contributed by atoms with Gasteiger partial charge in [-0.25, -0.2) is 0 Å². The number of carbonyl (C=O) groups excluding carboxylic acids is 1. The topological polar surface area (TPSA) is 56.9 Å². The summed E-state index contributed by atoms with van der Waals surface area (Å²) in [5.74, 6) is 0.826. The highest BCUT2D eigenvalue weighted by molar-refractivity contribution is 5.93. The van der Waals surface area contributed by atoms with Crippen molar-refractivity contribution in [2.75, 3.05) is 18.4 Å². The molecule has 2 aromatic rings. The van der Waals surface area contributed by atoms with E-state index in [-0.39, 0.29) is 5.91 Å². The molecule has 0 atom stereocenters. The second-order valence-corrected chi connectivity index (χ2v) is 5.56. The summed E-state index contributed by atoms with van der Waals surface area (Å²) >= 11 is 0. The van der Waals surface area contributed by atoms with Crippen molar-refractivity contribution in [1.82, 2.24) is 10.3 Å². The van der Waals surface area contributed by atoms with E-state index in [2.05, 4.69) is 15.6 Å². The van der Waals surface area contributed by atoms with Crippen LogP contribution in [0.5, 0.6) is 0 Å². The van der Waals surface area contributed by atoms with Crippen LogP contribution in [0.25, 0.3) is 10.9 Å². The fourth-order valence-electron chi connectivity index (χ4n) is 2.86. The third-order valence-corrected chi connectivity index (χ3v) is 4.08. The van der Waals surface area contributed by atoms with Crippen molar-refractivity contribution in [3.05, 3.63) is 30.5 Å². The van der Waals surface area contributed by atoms with Gasteiger partial charge in [-0.05, 0) is 62.5 Å². The summed E-state index contributed by atoms with van der Waals surface area (Å²) in [6, 6.07) is 7.97. The molecule has 106 valence electrons. The Hall–Kier alpha value is -1.81. The van der Waals surface area contributed by atoms with Gasteiger partial charge in [-0.2, -0.15) is 0 Å². The summed E-state index contributed by atoms with van der Waals surface area (Å²) < 4.78 is 0. The molecule has 0 radical (unpaired) electrons.